The third-order valence-electron chi connectivity index (χ3n) is 5.07. The lowest BCUT2D eigenvalue weighted by Gasteiger charge is -2.36. The summed E-state index contributed by atoms with van der Waals surface area (Å²) in [6.07, 6.45) is -0.544. The van der Waals surface area contributed by atoms with Gasteiger partial charge in [-0.25, -0.2) is 0 Å². The Kier molecular flexibility index (Phi) is 5.73. The highest BCUT2D eigenvalue weighted by molar-refractivity contribution is 5.49. The van der Waals surface area contributed by atoms with E-state index in [1.54, 1.807) is 13.2 Å². The normalized spacial score (nSPS) is 17.4. The molecule has 1 N–H and O–H groups in total. The van der Waals surface area contributed by atoms with E-state index in [4.69, 9.17) is 18.9 Å². The number of rotatable bonds is 7. The topological polar surface area (TPSA) is 63.6 Å². The molecule has 4 rings (SSSR count). The number of hydrogen-bond acceptors (Lipinski definition) is 7. The van der Waals surface area contributed by atoms with Crippen LogP contribution in [0.15, 0.2) is 42.5 Å². The molecular formula is C21H26N2O5. The number of aliphatic hydroxyl groups is 1. The van der Waals surface area contributed by atoms with Gasteiger partial charge in [0.2, 0.25) is 6.79 Å². The van der Waals surface area contributed by atoms with Crippen molar-refractivity contribution in [2.75, 3.05) is 58.1 Å². The Hall–Kier alpha value is -2.64. The summed E-state index contributed by atoms with van der Waals surface area (Å²) >= 11 is 0. The summed E-state index contributed by atoms with van der Waals surface area (Å²) in [6.45, 7) is 4.77. The second-order valence-corrected chi connectivity index (χ2v) is 6.97. The van der Waals surface area contributed by atoms with Crippen LogP contribution in [0.4, 0.5) is 5.69 Å². The first-order chi connectivity index (χ1) is 13.7. The highest BCUT2D eigenvalue weighted by Crippen LogP contribution is 2.35. The van der Waals surface area contributed by atoms with Crippen LogP contribution in [0, 0.1) is 0 Å². The lowest BCUT2D eigenvalue weighted by molar-refractivity contribution is 0.0662. The lowest BCUT2D eigenvalue weighted by atomic mass is 10.2. The zero-order chi connectivity index (χ0) is 19.3. The van der Waals surface area contributed by atoms with E-state index in [1.807, 2.05) is 24.3 Å². The monoisotopic (exact) mass is 386 g/mol. The van der Waals surface area contributed by atoms with Gasteiger partial charge in [0.05, 0.1) is 7.11 Å². The maximum Gasteiger partial charge on any atom is 0.231 e. The predicted octanol–water partition coefficient (Wildman–Crippen LogP) is 1.99. The summed E-state index contributed by atoms with van der Waals surface area (Å²) in [6, 6.07) is 13.6. The van der Waals surface area contributed by atoms with Crippen molar-refractivity contribution < 1.29 is 24.1 Å². The third kappa shape index (κ3) is 4.43. The maximum absolute atomic E-state index is 10.3. The average Bonchev–Trinajstić information content (AvgIpc) is 3.21. The molecule has 150 valence electrons. The van der Waals surface area contributed by atoms with Crippen molar-refractivity contribution in [2.24, 2.45) is 0 Å². The minimum absolute atomic E-state index is 0.240. The maximum atomic E-state index is 10.3. The molecule has 0 radical (unpaired) electrons. The number of β-amino-alcohol motifs (C(OH)–C–C–N with tert-alkyl or cyclic N) is 1. The predicted molar refractivity (Wildman–Crippen MR) is 106 cm³/mol. The summed E-state index contributed by atoms with van der Waals surface area (Å²) in [7, 11) is 1.68. The lowest BCUT2D eigenvalue weighted by Crippen LogP contribution is -2.49. The Morgan fingerprint density at radius 1 is 0.964 bits per heavy atom. The molecule has 0 spiro atoms. The van der Waals surface area contributed by atoms with E-state index in [0.717, 1.165) is 37.7 Å². The molecule has 1 saturated heterocycles. The van der Waals surface area contributed by atoms with E-state index < -0.39 is 6.10 Å². The molecule has 0 bridgehead atoms. The summed E-state index contributed by atoms with van der Waals surface area (Å²) in [5.74, 6) is 2.95. The van der Waals surface area contributed by atoms with Crippen molar-refractivity contribution in [3.63, 3.8) is 0 Å². The molecule has 2 heterocycles. The molecule has 2 aromatic carbocycles. The minimum atomic E-state index is -0.544. The molecule has 1 fully saturated rings. The van der Waals surface area contributed by atoms with Crippen LogP contribution in [0.3, 0.4) is 0 Å². The van der Waals surface area contributed by atoms with Gasteiger partial charge in [-0.15, -0.1) is 0 Å². The van der Waals surface area contributed by atoms with Crippen molar-refractivity contribution in [3.05, 3.63) is 42.5 Å². The van der Waals surface area contributed by atoms with E-state index in [0.29, 0.717) is 18.0 Å². The molecule has 0 aliphatic carbocycles. The van der Waals surface area contributed by atoms with Crippen LogP contribution in [-0.2, 0) is 0 Å². The fraction of sp³-hybridized carbons (Fsp3) is 0.429. The molecule has 2 aliphatic heterocycles. The Morgan fingerprint density at radius 3 is 2.43 bits per heavy atom. The first-order valence-electron chi connectivity index (χ1n) is 9.53. The zero-order valence-electron chi connectivity index (χ0n) is 16.0. The standard InChI is InChI=1S/C21H26N2O5/c1-25-18-4-2-16(3-5-18)23-10-8-22(9-11-23)13-17(24)14-26-19-6-7-20-21(12-19)28-15-27-20/h2-7,12,17,24H,8-11,13-15H2,1H3. The third-order valence-corrected chi connectivity index (χ3v) is 5.07. The Balaban J connectivity index is 1.21. The van der Waals surface area contributed by atoms with Crippen LogP contribution in [0.1, 0.15) is 0 Å². The highest BCUT2D eigenvalue weighted by Gasteiger charge is 2.20. The van der Waals surface area contributed by atoms with Crippen LogP contribution in [0.2, 0.25) is 0 Å². The largest absolute Gasteiger partial charge is 0.497 e. The molecule has 2 aromatic rings. The molecule has 2 aliphatic rings. The zero-order valence-corrected chi connectivity index (χ0v) is 16.0. The summed E-state index contributed by atoms with van der Waals surface area (Å²) in [5.41, 5.74) is 1.20. The second kappa shape index (κ2) is 8.58. The molecule has 28 heavy (non-hydrogen) atoms. The molecular weight excluding hydrogens is 360 g/mol. The SMILES string of the molecule is COc1ccc(N2CCN(CC(O)COc3ccc4c(c3)OCO4)CC2)cc1. The molecule has 0 saturated carbocycles. The Bertz CT molecular complexity index is 775. The average molecular weight is 386 g/mol. The van der Waals surface area contributed by atoms with Gasteiger partial charge in [0, 0.05) is 44.5 Å². The van der Waals surface area contributed by atoms with Gasteiger partial charge >= 0.3 is 0 Å². The summed E-state index contributed by atoms with van der Waals surface area (Å²) in [4.78, 5) is 4.62. The van der Waals surface area contributed by atoms with Gasteiger partial charge in [-0.05, 0) is 36.4 Å². The van der Waals surface area contributed by atoms with Gasteiger partial charge in [-0.3, -0.25) is 4.90 Å². The van der Waals surface area contributed by atoms with E-state index >= 15 is 0 Å². The fourth-order valence-corrected chi connectivity index (χ4v) is 3.49. The molecule has 7 nitrogen and oxygen atoms in total. The first kappa shape index (κ1) is 18.7. The molecule has 1 atom stereocenters. The van der Waals surface area contributed by atoms with Gasteiger partial charge < -0.3 is 29.0 Å². The van der Waals surface area contributed by atoms with Gasteiger partial charge in [0.25, 0.3) is 0 Å². The van der Waals surface area contributed by atoms with E-state index in [1.165, 1.54) is 5.69 Å². The summed E-state index contributed by atoms with van der Waals surface area (Å²) in [5, 5.41) is 10.3. The Labute approximate surface area is 165 Å². The molecule has 7 heteroatoms. The van der Waals surface area contributed by atoms with E-state index in [-0.39, 0.29) is 13.4 Å². The van der Waals surface area contributed by atoms with Gasteiger partial charge in [0.1, 0.15) is 24.2 Å². The first-order valence-corrected chi connectivity index (χ1v) is 9.53. The number of fused-ring (bicyclic) bond motifs is 1. The number of methoxy groups -OCH3 is 1. The van der Waals surface area contributed by atoms with Crippen LogP contribution in [0.25, 0.3) is 0 Å². The van der Waals surface area contributed by atoms with Crippen LogP contribution in [-0.4, -0.2) is 69.3 Å². The quantitative estimate of drug-likeness (QED) is 0.781. The van der Waals surface area contributed by atoms with Crippen molar-refractivity contribution >= 4 is 5.69 Å². The number of ether oxygens (including phenoxy) is 4. The second-order valence-electron chi connectivity index (χ2n) is 6.97. The van der Waals surface area contributed by atoms with E-state index in [2.05, 4.69) is 21.9 Å². The number of benzene rings is 2. The van der Waals surface area contributed by atoms with Crippen LogP contribution in [0.5, 0.6) is 23.0 Å². The number of anilines is 1. The smallest absolute Gasteiger partial charge is 0.231 e. The fourth-order valence-electron chi connectivity index (χ4n) is 3.49. The number of piperazine rings is 1. The van der Waals surface area contributed by atoms with Crippen molar-refractivity contribution in [2.45, 2.75) is 6.10 Å². The molecule has 0 aromatic heterocycles. The van der Waals surface area contributed by atoms with Gasteiger partial charge in [-0.1, -0.05) is 0 Å². The highest BCUT2D eigenvalue weighted by atomic mass is 16.7. The van der Waals surface area contributed by atoms with Crippen molar-refractivity contribution in [1.82, 2.24) is 4.90 Å². The Morgan fingerprint density at radius 2 is 1.68 bits per heavy atom. The van der Waals surface area contributed by atoms with Crippen LogP contribution >= 0.6 is 0 Å². The van der Waals surface area contributed by atoms with Gasteiger partial charge in [0.15, 0.2) is 11.5 Å². The van der Waals surface area contributed by atoms with E-state index in [9.17, 15) is 5.11 Å². The van der Waals surface area contributed by atoms with Crippen molar-refractivity contribution in [1.29, 1.82) is 0 Å². The number of hydrogen-bond donors (Lipinski definition) is 1. The van der Waals surface area contributed by atoms with Gasteiger partial charge in [-0.2, -0.15) is 0 Å². The summed E-state index contributed by atoms with van der Waals surface area (Å²) < 4.78 is 21.6. The minimum Gasteiger partial charge on any atom is -0.497 e. The molecule has 1 unspecified atom stereocenters. The number of aliphatic hydroxyl groups excluding tert-OH is 1. The van der Waals surface area contributed by atoms with Crippen molar-refractivity contribution in [3.8, 4) is 23.0 Å². The number of nitrogens with zero attached hydrogens (tertiary/aromatic N) is 2. The van der Waals surface area contributed by atoms with Crippen LogP contribution < -0.4 is 23.8 Å². The molecule has 0 amide bonds.